The van der Waals surface area contributed by atoms with Crippen LogP contribution in [0.5, 0.6) is 5.75 Å². The van der Waals surface area contributed by atoms with E-state index in [1.54, 1.807) is 12.1 Å². The molecule has 0 unspecified atom stereocenters. The van der Waals surface area contributed by atoms with E-state index in [1.165, 1.54) is 6.07 Å². The molecule has 2 heterocycles. The van der Waals surface area contributed by atoms with Crippen molar-refractivity contribution in [1.29, 1.82) is 0 Å². The Morgan fingerprint density at radius 2 is 1.95 bits per heavy atom. The van der Waals surface area contributed by atoms with E-state index >= 15 is 0 Å². The number of carbonyl (C=O) groups excluding carboxylic acids is 2. The summed E-state index contributed by atoms with van der Waals surface area (Å²) in [4.78, 5) is 28.1. The average Bonchev–Trinajstić information content (AvgIpc) is 2.95. The summed E-state index contributed by atoms with van der Waals surface area (Å²) in [5.41, 5.74) is 1.29. The summed E-state index contributed by atoms with van der Waals surface area (Å²) in [5, 5.41) is 9.75. The molecule has 0 aliphatic carbocycles. The molecular formula is C17H22N2O3. The summed E-state index contributed by atoms with van der Waals surface area (Å²) < 4.78 is 0. The van der Waals surface area contributed by atoms with Gasteiger partial charge in [-0.2, -0.15) is 0 Å². The van der Waals surface area contributed by atoms with E-state index in [9.17, 15) is 14.7 Å². The van der Waals surface area contributed by atoms with Crippen molar-refractivity contribution >= 4 is 11.8 Å². The largest absolute Gasteiger partial charge is 0.508 e. The summed E-state index contributed by atoms with van der Waals surface area (Å²) in [7, 11) is 0. The average molecular weight is 302 g/mol. The van der Waals surface area contributed by atoms with Crippen molar-refractivity contribution in [3.8, 4) is 5.75 Å². The van der Waals surface area contributed by atoms with E-state index in [0.29, 0.717) is 25.1 Å². The number of phenolic OH excluding ortho intramolecular Hbond substituents is 1. The van der Waals surface area contributed by atoms with Crippen LogP contribution in [-0.4, -0.2) is 52.4 Å². The summed E-state index contributed by atoms with van der Waals surface area (Å²) >= 11 is 0. The number of aromatic hydroxyl groups is 1. The fraction of sp³-hybridized carbons (Fsp3) is 0.529. The van der Waals surface area contributed by atoms with E-state index < -0.39 is 0 Å². The summed E-state index contributed by atoms with van der Waals surface area (Å²) in [6, 6.07) is 5.34. The molecule has 5 heteroatoms. The standard InChI is InChI=1S/C17H22N2O3/c1-12-4-5-13(11-15(12)20)17(22)18-9-6-14(7-10-18)19-8-2-3-16(19)21/h4-5,11,14,20H,2-3,6-10H2,1H3. The number of phenols is 1. The molecule has 0 aromatic heterocycles. The van der Waals surface area contributed by atoms with Gasteiger partial charge in [-0.05, 0) is 43.9 Å². The van der Waals surface area contributed by atoms with Crippen LogP contribution in [0.25, 0.3) is 0 Å². The Morgan fingerprint density at radius 1 is 1.23 bits per heavy atom. The SMILES string of the molecule is Cc1ccc(C(=O)N2CCC(N3CCCC3=O)CC2)cc1O. The molecule has 0 bridgehead atoms. The topological polar surface area (TPSA) is 60.9 Å². The van der Waals surface area contributed by atoms with E-state index in [0.717, 1.165) is 31.4 Å². The number of aryl methyl sites for hydroxylation is 1. The van der Waals surface area contributed by atoms with Gasteiger partial charge in [0.1, 0.15) is 5.75 Å². The second kappa shape index (κ2) is 5.99. The smallest absolute Gasteiger partial charge is 0.253 e. The molecule has 0 atom stereocenters. The molecule has 2 saturated heterocycles. The first-order chi connectivity index (χ1) is 10.6. The van der Waals surface area contributed by atoms with Crippen LogP contribution in [0, 0.1) is 6.92 Å². The molecule has 2 aliphatic heterocycles. The minimum absolute atomic E-state index is 0.0403. The van der Waals surface area contributed by atoms with E-state index in [4.69, 9.17) is 0 Å². The van der Waals surface area contributed by atoms with Gasteiger partial charge in [-0.3, -0.25) is 9.59 Å². The summed E-state index contributed by atoms with van der Waals surface area (Å²) in [6.45, 7) is 4.01. The van der Waals surface area contributed by atoms with Gasteiger partial charge in [0, 0.05) is 37.7 Å². The van der Waals surface area contributed by atoms with Gasteiger partial charge in [-0.15, -0.1) is 0 Å². The quantitative estimate of drug-likeness (QED) is 0.908. The zero-order valence-electron chi connectivity index (χ0n) is 12.9. The highest BCUT2D eigenvalue weighted by atomic mass is 16.3. The number of carbonyl (C=O) groups is 2. The fourth-order valence-corrected chi connectivity index (χ4v) is 3.36. The molecule has 1 aromatic rings. The number of rotatable bonds is 2. The lowest BCUT2D eigenvalue weighted by Crippen LogP contribution is -2.47. The number of nitrogens with zero attached hydrogens (tertiary/aromatic N) is 2. The van der Waals surface area contributed by atoms with Crippen molar-refractivity contribution < 1.29 is 14.7 Å². The number of piperidine rings is 1. The molecule has 0 radical (unpaired) electrons. The van der Waals surface area contributed by atoms with Crippen molar-refractivity contribution in [3.63, 3.8) is 0 Å². The molecular weight excluding hydrogens is 280 g/mol. The normalized spacial score (nSPS) is 19.8. The third-order valence-corrected chi connectivity index (χ3v) is 4.76. The summed E-state index contributed by atoms with van der Waals surface area (Å²) in [5.74, 6) is 0.373. The van der Waals surface area contributed by atoms with Gasteiger partial charge in [-0.1, -0.05) is 6.07 Å². The number of likely N-dealkylation sites (tertiary alicyclic amines) is 2. The second-order valence-electron chi connectivity index (χ2n) is 6.22. The lowest BCUT2D eigenvalue weighted by molar-refractivity contribution is -0.130. The van der Waals surface area contributed by atoms with Crippen LogP contribution in [0.3, 0.4) is 0 Å². The van der Waals surface area contributed by atoms with Gasteiger partial charge in [0.15, 0.2) is 0 Å². The van der Waals surface area contributed by atoms with Crippen LogP contribution >= 0.6 is 0 Å². The predicted molar refractivity (Wildman–Crippen MR) is 82.7 cm³/mol. The van der Waals surface area contributed by atoms with Crippen LogP contribution in [0.2, 0.25) is 0 Å². The van der Waals surface area contributed by atoms with Gasteiger partial charge in [0.05, 0.1) is 0 Å². The molecule has 2 aliphatic rings. The first kappa shape index (κ1) is 14.9. The molecule has 5 nitrogen and oxygen atoms in total. The van der Waals surface area contributed by atoms with Gasteiger partial charge in [-0.25, -0.2) is 0 Å². The Morgan fingerprint density at radius 3 is 2.55 bits per heavy atom. The maximum absolute atomic E-state index is 12.5. The highest BCUT2D eigenvalue weighted by molar-refractivity contribution is 5.94. The van der Waals surface area contributed by atoms with Crippen molar-refractivity contribution in [2.45, 2.75) is 38.6 Å². The molecule has 0 spiro atoms. The molecule has 1 N–H and O–H groups in total. The number of amides is 2. The maximum Gasteiger partial charge on any atom is 0.253 e. The van der Waals surface area contributed by atoms with Crippen molar-refractivity contribution in [2.75, 3.05) is 19.6 Å². The Kier molecular flexibility index (Phi) is 4.05. The van der Waals surface area contributed by atoms with E-state index in [1.807, 2.05) is 16.7 Å². The van der Waals surface area contributed by atoms with E-state index in [2.05, 4.69) is 0 Å². The number of hydrogen-bond acceptors (Lipinski definition) is 3. The lowest BCUT2D eigenvalue weighted by Gasteiger charge is -2.36. The van der Waals surface area contributed by atoms with Crippen LogP contribution in [0.4, 0.5) is 0 Å². The lowest BCUT2D eigenvalue weighted by atomic mass is 10.0. The van der Waals surface area contributed by atoms with Gasteiger partial charge in [0.25, 0.3) is 5.91 Å². The third-order valence-electron chi connectivity index (χ3n) is 4.76. The van der Waals surface area contributed by atoms with Crippen LogP contribution in [0.15, 0.2) is 18.2 Å². The summed E-state index contributed by atoms with van der Waals surface area (Å²) in [6.07, 6.45) is 3.31. The van der Waals surface area contributed by atoms with Crippen LogP contribution < -0.4 is 0 Å². The molecule has 0 saturated carbocycles. The van der Waals surface area contributed by atoms with Gasteiger partial charge < -0.3 is 14.9 Å². The van der Waals surface area contributed by atoms with E-state index in [-0.39, 0.29) is 23.6 Å². The molecule has 118 valence electrons. The molecule has 22 heavy (non-hydrogen) atoms. The molecule has 3 rings (SSSR count). The Bertz CT molecular complexity index is 592. The third kappa shape index (κ3) is 2.80. The Balaban J connectivity index is 1.62. The zero-order chi connectivity index (χ0) is 15.7. The molecule has 2 fully saturated rings. The maximum atomic E-state index is 12.5. The first-order valence-electron chi connectivity index (χ1n) is 7.94. The van der Waals surface area contributed by atoms with Crippen molar-refractivity contribution in [2.24, 2.45) is 0 Å². The fourth-order valence-electron chi connectivity index (χ4n) is 3.36. The Labute approximate surface area is 130 Å². The first-order valence-corrected chi connectivity index (χ1v) is 7.94. The minimum Gasteiger partial charge on any atom is -0.508 e. The molecule has 2 amide bonds. The van der Waals surface area contributed by atoms with Crippen molar-refractivity contribution in [3.05, 3.63) is 29.3 Å². The Hall–Kier alpha value is -2.04. The zero-order valence-corrected chi connectivity index (χ0v) is 12.9. The minimum atomic E-state index is -0.0403. The second-order valence-corrected chi connectivity index (χ2v) is 6.22. The van der Waals surface area contributed by atoms with Crippen LogP contribution in [0.1, 0.15) is 41.6 Å². The van der Waals surface area contributed by atoms with Crippen molar-refractivity contribution in [1.82, 2.24) is 9.80 Å². The highest BCUT2D eigenvalue weighted by Crippen LogP contribution is 2.24. The van der Waals surface area contributed by atoms with Gasteiger partial charge in [0.2, 0.25) is 5.91 Å². The monoisotopic (exact) mass is 302 g/mol. The number of benzene rings is 1. The molecule has 1 aromatic carbocycles. The predicted octanol–water partition coefficient (Wildman–Crippen LogP) is 1.93. The van der Waals surface area contributed by atoms with Crippen LogP contribution in [-0.2, 0) is 4.79 Å². The number of hydrogen-bond donors (Lipinski definition) is 1. The van der Waals surface area contributed by atoms with Gasteiger partial charge >= 0.3 is 0 Å². The highest BCUT2D eigenvalue weighted by Gasteiger charge is 2.32.